The molecule has 0 aliphatic heterocycles. The van der Waals surface area contributed by atoms with Crippen molar-refractivity contribution in [2.24, 2.45) is 0 Å². The van der Waals surface area contributed by atoms with Gasteiger partial charge in [-0.25, -0.2) is 4.98 Å². The minimum atomic E-state index is 0.553. The van der Waals surface area contributed by atoms with E-state index < -0.39 is 0 Å². The first-order valence-electron chi connectivity index (χ1n) is 7.06. The first kappa shape index (κ1) is 15.1. The summed E-state index contributed by atoms with van der Waals surface area (Å²) in [7, 11) is 1.58. The Morgan fingerprint density at radius 3 is 3.00 bits per heavy atom. The standard InChI is InChI=1S/C16H20N4O/c1-3-6-18-11-16-19-7-8-20(16)12-13-4-5-14(10-17)15(9-13)21-2/h4-5,7-9,18H,3,6,11-12H2,1-2H3. The maximum absolute atomic E-state index is 9.01. The largest absolute Gasteiger partial charge is 0.495 e. The molecule has 2 rings (SSSR count). The third-order valence-electron chi connectivity index (χ3n) is 3.25. The molecule has 0 aliphatic rings. The van der Waals surface area contributed by atoms with Crippen LogP contribution in [0.15, 0.2) is 30.6 Å². The number of rotatable bonds is 7. The lowest BCUT2D eigenvalue weighted by Gasteiger charge is -2.10. The zero-order valence-corrected chi connectivity index (χ0v) is 12.5. The summed E-state index contributed by atoms with van der Waals surface area (Å²) < 4.78 is 7.35. The lowest BCUT2D eigenvalue weighted by atomic mass is 10.1. The van der Waals surface area contributed by atoms with E-state index in [1.54, 1.807) is 13.2 Å². The molecule has 0 spiro atoms. The molecule has 1 N–H and O–H groups in total. The molecule has 21 heavy (non-hydrogen) atoms. The van der Waals surface area contributed by atoms with Crippen molar-refractivity contribution >= 4 is 0 Å². The number of hydrogen-bond acceptors (Lipinski definition) is 4. The van der Waals surface area contributed by atoms with Crippen molar-refractivity contribution in [1.29, 1.82) is 5.26 Å². The Morgan fingerprint density at radius 1 is 1.43 bits per heavy atom. The number of aromatic nitrogens is 2. The number of benzene rings is 1. The molecular weight excluding hydrogens is 264 g/mol. The van der Waals surface area contributed by atoms with Crippen LogP contribution < -0.4 is 10.1 Å². The van der Waals surface area contributed by atoms with E-state index in [1.807, 2.05) is 24.5 Å². The summed E-state index contributed by atoms with van der Waals surface area (Å²) in [4.78, 5) is 4.38. The van der Waals surface area contributed by atoms with Crippen molar-refractivity contribution in [3.63, 3.8) is 0 Å². The molecule has 1 heterocycles. The van der Waals surface area contributed by atoms with Crippen LogP contribution in [-0.4, -0.2) is 23.2 Å². The zero-order valence-electron chi connectivity index (χ0n) is 12.5. The molecule has 0 saturated heterocycles. The van der Waals surface area contributed by atoms with Gasteiger partial charge in [0.25, 0.3) is 0 Å². The highest BCUT2D eigenvalue weighted by atomic mass is 16.5. The molecule has 0 bridgehead atoms. The van der Waals surface area contributed by atoms with Crippen molar-refractivity contribution in [2.45, 2.75) is 26.4 Å². The van der Waals surface area contributed by atoms with Crippen LogP contribution in [0, 0.1) is 11.3 Å². The topological polar surface area (TPSA) is 62.9 Å². The molecule has 1 aromatic heterocycles. The third kappa shape index (κ3) is 3.83. The van der Waals surface area contributed by atoms with Crippen molar-refractivity contribution in [3.8, 4) is 11.8 Å². The molecule has 5 nitrogen and oxygen atoms in total. The lowest BCUT2D eigenvalue weighted by molar-refractivity contribution is 0.412. The van der Waals surface area contributed by atoms with Gasteiger partial charge in [-0.15, -0.1) is 0 Å². The summed E-state index contributed by atoms with van der Waals surface area (Å²) in [5.74, 6) is 1.62. The van der Waals surface area contributed by atoms with Gasteiger partial charge in [0, 0.05) is 18.9 Å². The first-order chi connectivity index (χ1) is 10.3. The second-order valence-corrected chi connectivity index (χ2v) is 4.79. The molecule has 0 fully saturated rings. The number of nitrogens with zero attached hydrogens (tertiary/aromatic N) is 3. The Morgan fingerprint density at radius 2 is 2.29 bits per heavy atom. The maximum atomic E-state index is 9.01. The van der Waals surface area contributed by atoms with Gasteiger partial charge in [-0.05, 0) is 30.7 Å². The fourth-order valence-electron chi connectivity index (χ4n) is 2.15. The van der Waals surface area contributed by atoms with Gasteiger partial charge in [0.15, 0.2) is 0 Å². The fourth-order valence-corrected chi connectivity index (χ4v) is 2.15. The molecular formula is C16H20N4O. The molecule has 0 amide bonds. The smallest absolute Gasteiger partial charge is 0.136 e. The third-order valence-corrected chi connectivity index (χ3v) is 3.25. The van der Waals surface area contributed by atoms with E-state index in [0.29, 0.717) is 17.9 Å². The molecule has 0 aliphatic carbocycles. The average Bonchev–Trinajstić information content (AvgIpc) is 2.94. The van der Waals surface area contributed by atoms with Crippen LogP contribution >= 0.6 is 0 Å². The number of nitriles is 1. The van der Waals surface area contributed by atoms with Crippen LogP contribution in [0.2, 0.25) is 0 Å². The summed E-state index contributed by atoms with van der Waals surface area (Å²) in [6.07, 6.45) is 4.88. The number of hydrogen-bond donors (Lipinski definition) is 1. The highest BCUT2D eigenvalue weighted by Gasteiger charge is 2.07. The van der Waals surface area contributed by atoms with Crippen molar-refractivity contribution in [2.75, 3.05) is 13.7 Å². The fraction of sp³-hybridized carbons (Fsp3) is 0.375. The molecule has 5 heteroatoms. The van der Waals surface area contributed by atoms with E-state index >= 15 is 0 Å². The van der Waals surface area contributed by atoms with Crippen LogP contribution in [0.4, 0.5) is 0 Å². The SMILES string of the molecule is CCCNCc1nccn1Cc1ccc(C#N)c(OC)c1. The van der Waals surface area contributed by atoms with Gasteiger partial charge in [-0.2, -0.15) is 5.26 Å². The van der Waals surface area contributed by atoms with Crippen LogP contribution in [-0.2, 0) is 13.1 Å². The average molecular weight is 284 g/mol. The number of imidazole rings is 1. The number of ether oxygens (including phenoxy) is 1. The summed E-state index contributed by atoms with van der Waals surface area (Å²) in [5.41, 5.74) is 1.64. The number of nitrogens with one attached hydrogen (secondary N) is 1. The molecule has 1 aromatic carbocycles. The summed E-state index contributed by atoms with van der Waals surface area (Å²) in [6.45, 7) is 4.60. The van der Waals surface area contributed by atoms with E-state index in [-0.39, 0.29) is 0 Å². The Kier molecular flexibility index (Phi) is 5.35. The highest BCUT2D eigenvalue weighted by molar-refractivity contribution is 5.45. The van der Waals surface area contributed by atoms with Crippen LogP contribution in [0.1, 0.15) is 30.3 Å². The summed E-state index contributed by atoms with van der Waals surface area (Å²) >= 11 is 0. The Balaban J connectivity index is 2.12. The van der Waals surface area contributed by atoms with Crippen LogP contribution in [0.5, 0.6) is 5.75 Å². The highest BCUT2D eigenvalue weighted by Crippen LogP contribution is 2.20. The van der Waals surface area contributed by atoms with Crippen molar-refractivity contribution in [3.05, 3.63) is 47.5 Å². The van der Waals surface area contributed by atoms with Gasteiger partial charge >= 0.3 is 0 Å². The first-order valence-corrected chi connectivity index (χ1v) is 7.06. The molecule has 0 unspecified atom stereocenters. The molecule has 0 radical (unpaired) electrons. The van der Waals surface area contributed by atoms with E-state index in [4.69, 9.17) is 10.00 Å². The molecule has 110 valence electrons. The van der Waals surface area contributed by atoms with Gasteiger partial charge in [0.2, 0.25) is 0 Å². The van der Waals surface area contributed by atoms with Gasteiger partial charge in [0.1, 0.15) is 17.6 Å². The molecule has 0 atom stereocenters. The van der Waals surface area contributed by atoms with Crippen molar-refractivity contribution < 1.29 is 4.74 Å². The Hall–Kier alpha value is -2.32. The minimum Gasteiger partial charge on any atom is -0.495 e. The Bertz CT molecular complexity index is 627. The van der Waals surface area contributed by atoms with E-state index in [9.17, 15) is 0 Å². The molecule has 2 aromatic rings. The maximum Gasteiger partial charge on any atom is 0.136 e. The summed E-state index contributed by atoms with van der Waals surface area (Å²) in [5, 5.41) is 12.4. The monoisotopic (exact) mass is 284 g/mol. The van der Waals surface area contributed by atoms with Gasteiger partial charge in [-0.1, -0.05) is 13.0 Å². The van der Waals surface area contributed by atoms with Crippen LogP contribution in [0.25, 0.3) is 0 Å². The van der Waals surface area contributed by atoms with Crippen LogP contribution in [0.3, 0.4) is 0 Å². The zero-order chi connectivity index (χ0) is 15.1. The predicted octanol–water partition coefficient (Wildman–Crippen LogP) is 2.31. The number of methoxy groups -OCH3 is 1. The van der Waals surface area contributed by atoms with Gasteiger partial charge < -0.3 is 14.6 Å². The second-order valence-electron chi connectivity index (χ2n) is 4.79. The quantitative estimate of drug-likeness (QED) is 0.793. The van der Waals surface area contributed by atoms with Gasteiger partial charge in [0.05, 0.1) is 19.2 Å². The van der Waals surface area contributed by atoms with Crippen molar-refractivity contribution in [1.82, 2.24) is 14.9 Å². The van der Waals surface area contributed by atoms with Gasteiger partial charge in [-0.3, -0.25) is 0 Å². The minimum absolute atomic E-state index is 0.553. The Labute approximate surface area is 125 Å². The summed E-state index contributed by atoms with van der Waals surface area (Å²) in [6, 6.07) is 7.77. The van der Waals surface area contributed by atoms with E-state index in [1.165, 1.54) is 0 Å². The lowest BCUT2D eigenvalue weighted by Crippen LogP contribution is -2.17. The van der Waals surface area contributed by atoms with E-state index in [2.05, 4.69) is 27.9 Å². The molecule has 0 saturated carbocycles. The second kappa shape index (κ2) is 7.46. The predicted molar refractivity (Wildman–Crippen MR) is 81.0 cm³/mol. The normalized spacial score (nSPS) is 10.3. The van der Waals surface area contributed by atoms with E-state index in [0.717, 1.165) is 30.9 Å².